The van der Waals surface area contributed by atoms with Crippen molar-refractivity contribution in [1.82, 2.24) is 10.6 Å². The third-order valence-corrected chi connectivity index (χ3v) is 8.58. The third-order valence-electron chi connectivity index (χ3n) is 7.49. The zero-order valence-electron chi connectivity index (χ0n) is 27.4. The Balaban J connectivity index is 6.13. The van der Waals surface area contributed by atoms with Crippen molar-refractivity contribution in [2.45, 2.75) is 111 Å². The number of carbonyl (C=O) groups excluding carboxylic acids is 3. The van der Waals surface area contributed by atoms with Gasteiger partial charge in [0.1, 0.15) is 6.61 Å². The Labute approximate surface area is 266 Å². The van der Waals surface area contributed by atoms with Crippen LogP contribution in [0.4, 0.5) is 26.3 Å². The van der Waals surface area contributed by atoms with Crippen molar-refractivity contribution < 1.29 is 68.3 Å². The topological polar surface area (TPSA) is 168 Å². The lowest BCUT2D eigenvalue weighted by Crippen LogP contribution is -2.51. The summed E-state index contributed by atoms with van der Waals surface area (Å²) in [6.45, 7) is 8.31. The quantitative estimate of drug-likeness (QED) is 0.0664. The number of ether oxygens (including phenoxy) is 2. The second kappa shape index (κ2) is 16.8. The van der Waals surface area contributed by atoms with Crippen LogP contribution in [0.25, 0.3) is 0 Å². The van der Waals surface area contributed by atoms with E-state index in [1.54, 1.807) is 6.92 Å². The summed E-state index contributed by atoms with van der Waals surface area (Å²) < 4.78 is 120. The Morgan fingerprint density at radius 3 is 1.89 bits per heavy atom. The molecule has 18 heteroatoms. The number of nitrogens with one attached hydrogen (secondary N) is 2. The average Bonchev–Trinajstić information content (AvgIpc) is 2.83. The molecule has 0 rings (SSSR count). The molecule has 0 saturated carbocycles. The van der Waals surface area contributed by atoms with E-state index < -0.39 is 106 Å². The van der Waals surface area contributed by atoms with Crippen LogP contribution in [0.3, 0.4) is 0 Å². The molecule has 6 unspecified atom stereocenters. The highest BCUT2D eigenvalue weighted by molar-refractivity contribution is 7.85. The van der Waals surface area contributed by atoms with Crippen LogP contribution in [0.5, 0.6) is 0 Å². The van der Waals surface area contributed by atoms with Crippen LogP contribution in [0.2, 0.25) is 0 Å². The molecule has 4 N–H and O–H groups in total. The molecule has 272 valence electrons. The molecule has 0 aliphatic rings. The van der Waals surface area contributed by atoms with Crippen LogP contribution < -0.4 is 10.6 Å². The fourth-order valence-corrected chi connectivity index (χ4v) is 6.09. The molecule has 0 bridgehead atoms. The van der Waals surface area contributed by atoms with Crippen LogP contribution in [0, 0.1) is 22.7 Å². The van der Waals surface area contributed by atoms with E-state index in [4.69, 9.17) is 9.47 Å². The fraction of sp³-hybridized carbons (Fsp3) is 0.893. The number of aliphatic hydroxyl groups excluding tert-OH is 1. The summed E-state index contributed by atoms with van der Waals surface area (Å²) in [5.41, 5.74) is -4.65. The van der Waals surface area contributed by atoms with Crippen molar-refractivity contribution >= 4 is 28.0 Å². The molecule has 1 amide bonds. The van der Waals surface area contributed by atoms with Gasteiger partial charge in [0.05, 0.1) is 46.8 Å². The number of aliphatic hydroxyl groups is 1. The summed E-state index contributed by atoms with van der Waals surface area (Å²) in [6, 6.07) is 0. The number of amides is 1. The molecule has 0 heterocycles. The van der Waals surface area contributed by atoms with Crippen LogP contribution in [0.1, 0.15) is 81.1 Å². The first-order chi connectivity index (χ1) is 20.5. The zero-order valence-corrected chi connectivity index (χ0v) is 28.2. The summed E-state index contributed by atoms with van der Waals surface area (Å²) in [4.78, 5) is 39.8. The lowest BCUT2D eigenvalue weighted by molar-refractivity contribution is -0.208. The summed E-state index contributed by atoms with van der Waals surface area (Å²) in [5, 5.41) is 14.1. The van der Waals surface area contributed by atoms with Gasteiger partial charge in [0.2, 0.25) is 5.91 Å². The number of alkyl halides is 6. The molecular formula is C28H48F6N2O9S. The molecule has 46 heavy (non-hydrogen) atoms. The predicted molar refractivity (Wildman–Crippen MR) is 155 cm³/mol. The van der Waals surface area contributed by atoms with Gasteiger partial charge < -0.3 is 25.2 Å². The Bertz CT molecular complexity index is 1130. The van der Waals surface area contributed by atoms with Crippen molar-refractivity contribution in [1.29, 1.82) is 0 Å². The van der Waals surface area contributed by atoms with E-state index in [0.717, 1.165) is 6.92 Å². The van der Waals surface area contributed by atoms with E-state index in [-0.39, 0.29) is 25.8 Å². The van der Waals surface area contributed by atoms with Gasteiger partial charge in [0, 0.05) is 12.5 Å². The minimum absolute atomic E-state index is 0.00956. The zero-order chi connectivity index (χ0) is 36.5. The van der Waals surface area contributed by atoms with Gasteiger partial charge in [-0.1, -0.05) is 13.8 Å². The first kappa shape index (κ1) is 43.8. The van der Waals surface area contributed by atoms with Gasteiger partial charge in [-0.05, 0) is 67.2 Å². The smallest absolute Gasteiger partial charge is 0.401 e. The molecule has 6 atom stereocenters. The highest BCUT2D eigenvalue weighted by atomic mass is 32.2. The van der Waals surface area contributed by atoms with Crippen molar-refractivity contribution in [3.63, 3.8) is 0 Å². The highest BCUT2D eigenvalue weighted by Gasteiger charge is 2.48. The molecular weight excluding hydrogens is 654 g/mol. The minimum atomic E-state index is -4.77. The second-order valence-electron chi connectivity index (χ2n) is 13.1. The summed E-state index contributed by atoms with van der Waals surface area (Å²) in [7, 11) is -4.49. The van der Waals surface area contributed by atoms with Crippen molar-refractivity contribution in [2.75, 3.05) is 25.4 Å². The van der Waals surface area contributed by atoms with Crippen molar-refractivity contribution in [3.05, 3.63) is 0 Å². The maximum atomic E-state index is 13.4. The van der Waals surface area contributed by atoms with E-state index in [9.17, 15) is 58.8 Å². The van der Waals surface area contributed by atoms with E-state index in [1.807, 2.05) is 0 Å². The largest absolute Gasteiger partial charge is 0.464 e. The molecule has 0 radical (unpaired) electrons. The normalized spacial score (nSPS) is 18.3. The number of esters is 2. The van der Waals surface area contributed by atoms with Crippen LogP contribution in [0.15, 0.2) is 0 Å². The number of rotatable bonds is 19. The molecule has 0 fully saturated rings. The highest BCUT2D eigenvalue weighted by Crippen LogP contribution is 2.43. The molecule has 0 aromatic carbocycles. The monoisotopic (exact) mass is 702 g/mol. The molecule has 0 spiro atoms. The van der Waals surface area contributed by atoms with Crippen LogP contribution in [-0.4, -0.2) is 91.5 Å². The molecule has 0 aliphatic heterocycles. The number of hydrogen-bond donors (Lipinski definition) is 4. The number of carbonyl (C=O) groups is 3. The molecule has 11 nitrogen and oxygen atoms in total. The Morgan fingerprint density at radius 1 is 0.913 bits per heavy atom. The molecule has 0 aliphatic carbocycles. The number of hydrogen-bond acceptors (Lipinski definition) is 9. The first-order valence-corrected chi connectivity index (χ1v) is 16.3. The van der Waals surface area contributed by atoms with E-state index in [1.165, 1.54) is 41.5 Å². The molecule has 0 aromatic rings. The lowest BCUT2D eigenvalue weighted by atomic mass is 9.68. The van der Waals surface area contributed by atoms with Gasteiger partial charge in [-0.2, -0.15) is 34.8 Å². The first-order valence-electron chi connectivity index (χ1n) is 14.6. The molecule has 0 aromatic heterocycles. The van der Waals surface area contributed by atoms with E-state index >= 15 is 0 Å². The van der Waals surface area contributed by atoms with Gasteiger partial charge in [-0.15, -0.1) is 0 Å². The van der Waals surface area contributed by atoms with E-state index in [2.05, 4.69) is 10.6 Å². The van der Waals surface area contributed by atoms with Crippen LogP contribution in [-0.2, 0) is 34.0 Å². The maximum Gasteiger partial charge on any atom is 0.401 e. The third kappa shape index (κ3) is 16.1. The van der Waals surface area contributed by atoms with Crippen molar-refractivity contribution in [2.24, 2.45) is 22.7 Å². The van der Waals surface area contributed by atoms with Crippen LogP contribution >= 0.6 is 0 Å². The van der Waals surface area contributed by atoms with Gasteiger partial charge in [0.25, 0.3) is 10.1 Å². The SMILES string of the molecule is CCC(C)(CC(C)(CC(C)C(=O)NC(C)(C)CS(=O)(=O)O)C(=O)OCCNCC(F)(F)F)C(=O)OC(C)CC(C(C)O)C(F)(F)F. The number of halogens is 6. The van der Waals surface area contributed by atoms with Gasteiger partial charge in [0.15, 0.2) is 0 Å². The lowest BCUT2D eigenvalue weighted by Gasteiger charge is -2.38. The van der Waals surface area contributed by atoms with Gasteiger partial charge >= 0.3 is 24.3 Å². The Morgan fingerprint density at radius 2 is 1.46 bits per heavy atom. The fourth-order valence-electron chi connectivity index (χ4n) is 5.10. The predicted octanol–water partition coefficient (Wildman–Crippen LogP) is 4.18. The summed E-state index contributed by atoms with van der Waals surface area (Å²) >= 11 is 0. The van der Waals surface area contributed by atoms with Gasteiger partial charge in [-0.25, -0.2) is 0 Å². The maximum absolute atomic E-state index is 13.4. The minimum Gasteiger partial charge on any atom is -0.464 e. The van der Waals surface area contributed by atoms with Crippen molar-refractivity contribution in [3.8, 4) is 0 Å². The summed E-state index contributed by atoms with van der Waals surface area (Å²) in [6.07, 6.45) is -13.8. The molecule has 0 saturated heterocycles. The second-order valence-corrected chi connectivity index (χ2v) is 14.6. The average molecular weight is 703 g/mol. The summed E-state index contributed by atoms with van der Waals surface area (Å²) in [5.74, 6) is -6.73. The Hall–Kier alpha value is -2.18. The Kier molecular flexibility index (Phi) is 16.0. The standard InChI is InChI=1S/C28H48F6N2O9S/c1-9-25(7,23(40)45-18(3)12-20(19(4)37)28(32,33)34)14-26(8,22(39)44-11-10-35-15-27(29,30)31)13-17(2)21(38)36-24(5,6)16-46(41,42)43/h17-20,35,37H,9-16H2,1-8H3,(H,36,38)(H,41,42,43). The van der Waals surface area contributed by atoms with Gasteiger partial charge in [-0.3, -0.25) is 18.9 Å². The van der Waals surface area contributed by atoms with E-state index in [0.29, 0.717) is 0 Å².